The second kappa shape index (κ2) is 11.1. The van der Waals surface area contributed by atoms with Crippen LogP contribution in [-0.4, -0.2) is 52.0 Å². The van der Waals surface area contributed by atoms with Crippen LogP contribution < -0.4 is 9.47 Å². The molecule has 0 aliphatic carbocycles. The van der Waals surface area contributed by atoms with Gasteiger partial charge >= 0.3 is 11.9 Å². The van der Waals surface area contributed by atoms with Crippen LogP contribution in [0, 0.1) is 0 Å². The molecule has 0 spiro atoms. The summed E-state index contributed by atoms with van der Waals surface area (Å²) in [5.74, 6) is -1.04. The van der Waals surface area contributed by atoms with E-state index in [0.29, 0.717) is 5.56 Å². The van der Waals surface area contributed by atoms with Gasteiger partial charge in [0.2, 0.25) is 10.0 Å². The number of halogens is 1. The Morgan fingerprint density at radius 2 is 1.72 bits per heavy atom. The van der Waals surface area contributed by atoms with Crippen LogP contribution in [0.25, 0.3) is 6.08 Å². The molecule has 0 unspecified atom stereocenters. The molecular formula is C22H24ClNO7S. The first kappa shape index (κ1) is 25.4. The number of hydrogen-bond donors (Lipinski definition) is 0. The quantitative estimate of drug-likeness (QED) is 0.305. The lowest BCUT2D eigenvalue weighted by atomic mass is 10.2. The third-order valence-corrected chi connectivity index (χ3v) is 6.88. The summed E-state index contributed by atoms with van der Waals surface area (Å²) < 4.78 is 42.0. The SMILES string of the molecule is CCN(CC)S(=O)(=O)c1ccc(Cl)c(C(=O)Oc2ccc(/C=C/C(=O)OC)cc2OC)c1. The van der Waals surface area contributed by atoms with Crippen molar-refractivity contribution in [1.82, 2.24) is 4.31 Å². The zero-order valence-corrected chi connectivity index (χ0v) is 19.7. The van der Waals surface area contributed by atoms with Crippen molar-refractivity contribution in [2.24, 2.45) is 0 Å². The molecule has 2 aromatic carbocycles. The second-order valence-corrected chi connectivity index (χ2v) is 8.73. The van der Waals surface area contributed by atoms with E-state index in [9.17, 15) is 18.0 Å². The van der Waals surface area contributed by atoms with E-state index in [1.807, 2.05) is 0 Å². The molecule has 0 aliphatic heterocycles. The average molecular weight is 482 g/mol. The molecule has 0 fully saturated rings. The van der Waals surface area contributed by atoms with Crippen LogP contribution in [0.5, 0.6) is 11.5 Å². The topological polar surface area (TPSA) is 99.2 Å². The van der Waals surface area contributed by atoms with Crippen molar-refractivity contribution in [1.29, 1.82) is 0 Å². The van der Waals surface area contributed by atoms with Crippen LogP contribution in [0.2, 0.25) is 5.02 Å². The van der Waals surface area contributed by atoms with Gasteiger partial charge in [0, 0.05) is 19.2 Å². The maximum Gasteiger partial charge on any atom is 0.345 e. The number of rotatable bonds is 9. The monoisotopic (exact) mass is 481 g/mol. The van der Waals surface area contributed by atoms with E-state index >= 15 is 0 Å². The van der Waals surface area contributed by atoms with Crippen molar-refractivity contribution in [3.63, 3.8) is 0 Å². The fourth-order valence-corrected chi connectivity index (χ4v) is 4.47. The predicted molar refractivity (Wildman–Crippen MR) is 121 cm³/mol. The smallest absolute Gasteiger partial charge is 0.345 e. The molecular weight excluding hydrogens is 458 g/mol. The Morgan fingerprint density at radius 1 is 1.03 bits per heavy atom. The van der Waals surface area contributed by atoms with Gasteiger partial charge in [-0.1, -0.05) is 31.5 Å². The first-order valence-corrected chi connectivity index (χ1v) is 11.5. The number of carbonyl (C=O) groups excluding carboxylic acids is 2. The van der Waals surface area contributed by atoms with Crippen LogP contribution in [0.3, 0.4) is 0 Å². The molecule has 0 aliphatic rings. The van der Waals surface area contributed by atoms with Gasteiger partial charge in [-0.3, -0.25) is 0 Å². The maximum atomic E-state index is 12.8. The van der Waals surface area contributed by atoms with E-state index in [-0.39, 0.29) is 40.1 Å². The van der Waals surface area contributed by atoms with E-state index in [1.54, 1.807) is 26.0 Å². The molecule has 8 nitrogen and oxygen atoms in total. The van der Waals surface area contributed by atoms with Gasteiger partial charge in [-0.15, -0.1) is 0 Å². The third-order valence-electron chi connectivity index (χ3n) is 4.50. The molecule has 0 N–H and O–H groups in total. The predicted octanol–water partition coefficient (Wildman–Crippen LogP) is 3.78. The Bertz CT molecular complexity index is 1130. The number of nitrogens with zero attached hydrogens (tertiary/aromatic N) is 1. The van der Waals surface area contributed by atoms with E-state index in [4.69, 9.17) is 21.1 Å². The molecule has 0 radical (unpaired) electrons. The summed E-state index contributed by atoms with van der Waals surface area (Å²) in [6, 6.07) is 8.52. The van der Waals surface area contributed by atoms with E-state index in [2.05, 4.69) is 4.74 Å². The Kier molecular flexibility index (Phi) is 8.82. The van der Waals surface area contributed by atoms with Gasteiger partial charge in [0.1, 0.15) is 0 Å². The zero-order valence-electron chi connectivity index (χ0n) is 18.1. The molecule has 0 atom stereocenters. The summed E-state index contributed by atoms with van der Waals surface area (Å²) >= 11 is 6.14. The summed E-state index contributed by atoms with van der Waals surface area (Å²) in [6.07, 6.45) is 2.75. The molecule has 0 saturated heterocycles. The second-order valence-electron chi connectivity index (χ2n) is 6.39. The molecule has 32 heavy (non-hydrogen) atoms. The summed E-state index contributed by atoms with van der Waals surface area (Å²) in [4.78, 5) is 24.0. The van der Waals surface area contributed by atoms with Crippen LogP contribution >= 0.6 is 11.6 Å². The Hall–Kier alpha value is -2.88. The number of hydrogen-bond acceptors (Lipinski definition) is 7. The molecule has 172 valence electrons. The minimum absolute atomic E-state index is 0.0464. The van der Waals surface area contributed by atoms with Crippen LogP contribution in [0.15, 0.2) is 47.4 Å². The Balaban J connectivity index is 2.35. The average Bonchev–Trinajstić information content (AvgIpc) is 2.78. The van der Waals surface area contributed by atoms with E-state index < -0.39 is 22.0 Å². The molecule has 10 heteroatoms. The highest BCUT2D eigenvalue weighted by atomic mass is 35.5. The number of ether oxygens (including phenoxy) is 3. The highest BCUT2D eigenvalue weighted by Gasteiger charge is 2.25. The largest absolute Gasteiger partial charge is 0.493 e. The molecule has 2 aromatic rings. The van der Waals surface area contributed by atoms with Gasteiger partial charge in [0.15, 0.2) is 11.5 Å². The lowest BCUT2D eigenvalue weighted by Crippen LogP contribution is -2.30. The van der Waals surface area contributed by atoms with Crippen LogP contribution in [-0.2, 0) is 19.6 Å². The number of esters is 2. The van der Waals surface area contributed by atoms with Crippen molar-refractivity contribution in [3.05, 3.63) is 58.6 Å². The molecule has 2 rings (SSSR count). The lowest BCUT2D eigenvalue weighted by molar-refractivity contribution is -0.134. The van der Waals surface area contributed by atoms with Crippen LogP contribution in [0.4, 0.5) is 0 Å². The molecule has 0 bridgehead atoms. The lowest BCUT2D eigenvalue weighted by Gasteiger charge is -2.19. The number of benzene rings is 2. The van der Waals surface area contributed by atoms with Crippen molar-refractivity contribution in [2.75, 3.05) is 27.3 Å². The van der Waals surface area contributed by atoms with E-state index in [0.717, 1.165) is 0 Å². The van der Waals surface area contributed by atoms with Crippen LogP contribution in [0.1, 0.15) is 29.8 Å². The van der Waals surface area contributed by atoms with Gasteiger partial charge in [0.05, 0.1) is 29.7 Å². The van der Waals surface area contributed by atoms with Gasteiger partial charge < -0.3 is 14.2 Å². The van der Waals surface area contributed by atoms with Crippen molar-refractivity contribution < 1.29 is 32.2 Å². The number of sulfonamides is 1. The molecule has 0 amide bonds. The van der Waals surface area contributed by atoms with Crippen molar-refractivity contribution >= 4 is 39.6 Å². The first-order valence-electron chi connectivity index (χ1n) is 9.63. The van der Waals surface area contributed by atoms with Gasteiger partial charge in [-0.2, -0.15) is 4.31 Å². The fourth-order valence-electron chi connectivity index (χ4n) is 2.79. The maximum absolute atomic E-state index is 12.8. The zero-order chi connectivity index (χ0) is 23.9. The van der Waals surface area contributed by atoms with Gasteiger partial charge in [-0.05, 0) is 42.0 Å². The summed E-state index contributed by atoms with van der Waals surface area (Å²) in [6.45, 7) is 4.02. The molecule has 0 saturated carbocycles. The standard InChI is InChI=1S/C22H24ClNO7S/c1-5-24(6-2)32(27,28)16-9-10-18(23)17(14-16)22(26)31-19-11-7-15(13-20(19)29-3)8-12-21(25)30-4/h7-14H,5-6H2,1-4H3/b12-8+. The minimum atomic E-state index is -3.78. The number of carbonyl (C=O) groups is 2. The van der Waals surface area contributed by atoms with Gasteiger partial charge in [0.25, 0.3) is 0 Å². The summed E-state index contributed by atoms with van der Waals surface area (Å²) in [5.41, 5.74) is 0.508. The third kappa shape index (κ3) is 5.87. The molecule has 0 heterocycles. The summed E-state index contributed by atoms with van der Waals surface area (Å²) in [5, 5.41) is 0.0464. The van der Waals surface area contributed by atoms with Crippen molar-refractivity contribution in [2.45, 2.75) is 18.7 Å². The molecule has 0 aromatic heterocycles. The van der Waals surface area contributed by atoms with Crippen molar-refractivity contribution in [3.8, 4) is 11.5 Å². The van der Waals surface area contributed by atoms with E-state index in [1.165, 1.54) is 54.9 Å². The minimum Gasteiger partial charge on any atom is -0.493 e. The normalized spacial score (nSPS) is 11.6. The Morgan fingerprint density at radius 3 is 2.31 bits per heavy atom. The Labute approximate surface area is 192 Å². The highest BCUT2D eigenvalue weighted by molar-refractivity contribution is 7.89. The number of methoxy groups -OCH3 is 2. The fraction of sp³-hybridized carbons (Fsp3) is 0.273. The van der Waals surface area contributed by atoms with Gasteiger partial charge in [-0.25, -0.2) is 18.0 Å². The highest BCUT2D eigenvalue weighted by Crippen LogP contribution is 2.31. The first-order chi connectivity index (χ1) is 15.2. The summed E-state index contributed by atoms with van der Waals surface area (Å²) in [7, 11) is -1.12.